The Kier molecular flexibility index (Phi) is 4.10. The molecular weight excluding hydrogens is 229 g/mol. The number of hydrogen-bond donors (Lipinski definition) is 0. The maximum absolute atomic E-state index is 12.4. The lowest BCUT2D eigenvalue weighted by molar-refractivity contribution is -0.137. The largest absolute Gasteiger partial charge is 0.416 e. The van der Waals surface area contributed by atoms with Crippen LogP contribution in [-0.2, 0) is 6.18 Å². The predicted octanol–water partition coefficient (Wildman–Crippen LogP) is 4.16. The normalized spacial score (nSPS) is 12.1. The highest BCUT2D eigenvalue weighted by Gasteiger charge is 2.30. The van der Waals surface area contributed by atoms with E-state index in [1.165, 1.54) is 19.1 Å². The second-order valence-electron chi connectivity index (χ2n) is 3.70. The van der Waals surface area contributed by atoms with Crippen LogP contribution in [-0.4, -0.2) is 5.78 Å². The van der Waals surface area contributed by atoms with Crippen LogP contribution < -0.4 is 0 Å². The van der Waals surface area contributed by atoms with Gasteiger partial charge >= 0.3 is 6.18 Å². The Bertz CT molecular complexity index is 444. The van der Waals surface area contributed by atoms with Crippen molar-refractivity contribution in [1.82, 2.24) is 0 Å². The van der Waals surface area contributed by atoms with Crippen LogP contribution in [0.5, 0.6) is 0 Å². The number of halogens is 3. The van der Waals surface area contributed by atoms with E-state index in [0.29, 0.717) is 17.5 Å². The van der Waals surface area contributed by atoms with E-state index in [2.05, 4.69) is 0 Å². The fourth-order valence-electron chi connectivity index (χ4n) is 1.43. The van der Waals surface area contributed by atoms with Crippen molar-refractivity contribution in [3.63, 3.8) is 0 Å². The highest BCUT2D eigenvalue weighted by Crippen LogP contribution is 2.30. The molecule has 0 saturated heterocycles. The first-order valence-corrected chi connectivity index (χ1v) is 5.25. The molecule has 0 aromatic heterocycles. The van der Waals surface area contributed by atoms with Crippen LogP contribution >= 0.6 is 0 Å². The van der Waals surface area contributed by atoms with E-state index in [9.17, 15) is 18.0 Å². The van der Waals surface area contributed by atoms with Gasteiger partial charge in [0, 0.05) is 5.56 Å². The molecule has 0 aliphatic rings. The van der Waals surface area contributed by atoms with E-state index in [1.807, 2.05) is 6.92 Å². The molecule has 1 aromatic carbocycles. The number of allylic oxidation sites excluding steroid dienone is 2. The van der Waals surface area contributed by atoms with Crippen LogP contribution in [0.25, 0.3) is 0 Å². The van der Waals surface area contributed by atoms with Crippen LogP contribution in [0, 0.1) is 6.92 Å². The number of benzene rings is 1. The molecule has 0 aliphatic carbocycles. The summed E-state index contributed by atoms with van der Waals surface area (Å²) in [6, 6.07) is 3.15. The summed E-state index contributed by atoms with van der Waals surface area (Å²) < 4.78 is 37.2. The molecule has 0 unspecified atom stereocenters. The fraction of sp³-hybridized carbons (Fsp3) is 0.308. The third-order valence-corrected chi connectivity index (χ3v) is 2.32. The molecule has 1 nitrogen and oxygen atoms in total. The summed E-state index contributed by atoms with van der Waals surface area (Å²) in [4.78, 5) is 11.6. The Morgan fingerprint density at radius 2 is 2.00 bits per heavy atom. The molecule has 0 atom stereocenters. The monoisotopic (exact) mass is 242 g/mol. The molecule has 0 radical (unpaired) electrons. The Morgan fingerprint density at radius 3 is 2.47 bits per heavy atom. The van der Waals surface area contributed by atoms with Gasteiger partial charge in [0.25, 0.3) is 0 Å². The molecule has 0 heterocycles. The van der Waals surface area contributed by atoms with Crippen molar-refractivity contribution in [1.29, 1.82) is 0 Å². The molecule has 0 aliphatic heterocycles. The molecule has 17 heavy (non-hydrogen) atoms. The Balaban J connectivity index is 3.06. The summed E-state index contributed by atoms with van der Waals surface area (Å²) in [6.07, 6.45) is -0.591. The summed E-state index contributed by atoms with van der Waals surface area (Å²) in [7, 11) is 0. The van der Waals surface area contributed by atoms with Crippen LogP contribution in [0.2, 0.25) is 0 Å². The lowest BCUT2D eigenvalue weighted by Gasteiger charge is -2.09. The number of alkyl halides is 3. The van der Waals surface area contributed by atoms with Crippen LogP contribution in [0.1, 0.15) is 34.8 Å². The number of ketones is 1. The van der Waals surface area contributed by atoms with E-state index in [0.717, 1.165) is 12.1 Å². The lowest BCUT2D eigenvalue weighted by Crippen LogP contribution is -2.07. The van der Waals surface area contributed by atoms with E-state index >= 15 is 0 Å². The second-order valence-corrected chi connectivity index (χ2v) is 3.70. The average molecular weight is 242 g/mol. The van der Waals surface area contributed by atoms with Crippen LogP contribution in [0.15, 0.2) is 30.4 Å². The fourth-order valence-corrected chi connectivity index (χ4v) is 1.43. The minimum atomic E-state index is -4.37. The van der Waals surface area contributed by atoms with Gasteiger partial charge in [0.05, 0.1) is 5.56 Å². The van der Waals surface area contributed by atoms with Gasteiger partial charge in [-0.25, -0.2) is 0 Å². The number of aryl methyl sites for hydroxylation is 1. The summed E-state index contributed by atoms with van der Waals surface area (Å²) >= 11 is 0. The first kappa shape index (κ1) is 13.5. The Labute approximate surface area is 98.0 Å². The van der Waals surface area contributed by atoms with Gasteiger partial charge in [0.1, 0.15) is 0 Å². The topological polar surface area (TPSA) is 17.1 Å². The number of carbonyl (C=O) groups is 1. The predicted molar refractivity (Wildman–Crippen MR) is 59.9 cm³/mol. The number of rotatable bonds is 3. The van der Waals surface area contributed by atoms with Crippen molar-refractivity contribution >= 4 is 5.78 Å². The summed E-state index contributed by atoms with van der Waals surface area (Å²) in [6.45, 7) is 3.38. The van der Waals surface area contributed by atoms with Gasteiger partial charge in [-0.2, -0.15) is 13.2 Å². The van der Waals surface area contributed by atoms with Crippen molar-refractivity contribution < 1.29 is 18.0 Å². The van der Waals surface area contributed by atoms with Crippen molar-refractivity contribution in [2.75, 3.05) is 0 Å². The van der Waals surface area contributed by atoms with Crippen molar-refractivity contribution in [2.24, 2.45) is 0 Å². The van der Waals surface area contributed by atoms with Gasteiger partial charge in [-0.15, -0.1) is 0 Å². The van der Waals surface area contributed by atoms with Gasteiger partial charge in [-0.05, 0) is 37.1 Å². The zero-order valence-electron chi connectivity index (χ0n) is 9.64. The van der Waals surface area contributed by atoms with E-state index in [4.69, 9.17) is 0 Å². The minimum absolute atomic E-state index is 0.266. The average Bonchev–Trinajstić information content (AvgIpc) is 2.24. The zero-order valence-corrected chi connectivity index (χ0v) is 9.64. The molecule has 92 valence electrons. The van der Waals surface area contributed by atoms with Gasteiger partial charge < -0.3 is 0 Å². The second kappa shape index (κ2) is 5.17. The highest BCUT2D eigenvalue weighted by atomic mass is 19.4. The maximum Gasteiger partial charge on any atom is 0.416 e. The molecule has 1 rings (SSSR count). The van der Waals surface area contributed by atoms with E-state index in [-0.39, 0.29) is 5.78 Å². The van der Waals surface area contributed by atoms with Crippen molar-refractivity contribution in [2.45, 2.75) is 26.4 Å². The first-order valence-electron chi connectivity index (χ1n) is 5.25. The third-order valence-electron chi connectivity index (χ3n) is 2.32. The molecule has 0 N–H and O–H groups in total. The van der Waals surface area contributed by atoms with Crippen molar-refractivity contribution in [3.05, 3.63) is 47.0 Å². The highest BCUT2D eigenvalue weighted by molar-refractivity contribution is 6.05. The number of carbonyl (C=O) groups excluding carboxylic acids is 1. The van der Waals surface area contributed by atoms with E-state index < -0.39 is 11.7 Å². The number of hydrogen-bond acceptors (Lipinski definition) is 1. The lowest BCUT2D eigenvalue weighted by atomic mass is 10.0. The first-order chi connectivity index (χ1) is 7.86. The molecule has 0 spiro atoms. The maximum atomic E-state index is 12.4. The summed E-state index contributed by atoms with van der Waals surface area (Å²) in [5.41, 5.74) is -0.0840. The van der Waals surface area contributed by atoms with Crippen LogP contribution in [0.4, 0.5) is 13.2 Å². The van der Waals surface area contributed by atoms with Crippen LogP contribution in [0.3, 0.4) is 0 Å². The summed E-state index contributed by atoms with van der Waals surface area (Å²) in [5, 5.41) is 0. The standard InChI is InChI=1S/C13H13F3O/c1-3-4-5-12(17)11-7-6-10(8-9(11)2)13(14,15)16/h4-8H,3H2,1-2H3/b5-4+. The molecule has 0 fully saturated rings. The molecule has 0 saturated carbocycles. The third kappa shape index (κ3) is 3.44. The van der Waals surface area contributed by atoms with Gasteiger partial charge in [-0.1, -0.05) is 19.1 Å². The molecule has 4 heteroatoms. The minimum Gasteiger partial charge on any atom is -0.289 e. The van der Waals surface area contributed by atoms with E-state index in [1.54, 1.807) is 6.08 Å². The quantitative estimate of drug-likeness (QED) is 0.574. The SMILES string of the molecule is CC/C=C/C(=O)c1ccc(C(F)(F)F)cc1C. The van der Waals surface area contributed by atoms with Gasteiger partial charge in [-0.3, -0.25) is 4.79 Å². The molecule has 0 bridgehead atoms. The Morgan fingerprint density at radius 1 is 1.35 bits per heavy atom. The van der Waals surface area contributed by atoms with Gasteiger partial charge in [0.15, 0.2) is 5.78 Å². The smallest absolute Gasteiger partial charge is 0.289 e. The Hall–Kier alpha value is -1.58. The molecule has 0 amide bonds. The van der Waals surface area contributed by atoms with Gasteiger partial charge in [0.2, 0.25) is 0 Å². The van der Waals surface area contributed by atoms with Crippen molar-refractivity contribution in [3.8, 4) is 0 Å². The zero-order chi connectivity index (χ0) is 13.1. The summed E-state index contributed by atoms with van der Waals surface area (Å²) in [5.74, 6) is -0.266. The molecule has 1 aromatic rings. The molecular formula is C13H13F3O.